The molecule has 1 amide bonds. The molecule has 31 heavy (non-hydrogen) atoms. The standard InChI is InChI=1S/C24H21ClN4O2/c25-20-10-8-17(9-11-20)23-19(16-29(28-23)21-5-2-1-3-6-21)13-18(14-26)24(30)27-15-22-7-4-12-31-22/h1-3,5-6,8-11,13,16,22H,4,7,12,15H2,(H,27,30)/b18-13-/t22-/m0/s1. The average molecular weight is 433 g/mol. The van der Waals surface area contributed by atoms with E-state index in [2.05, 4.69) is 5.32 Å². The molecule has 4 rings (SSSR count). The van der Waals surface area contributed by atoms with E-state index in [0.29, 0.717) is 29.4 Å². The minimum absolute atomic E-state index is 0.00866. The van der Waals surface area contributed by atoms with Crippen molar-refractivity contribution in [3.8, 4) is 23.0 Å². The maximum Gasteiger partial charge on any atom is 0.262 e. The Labute approximate surface area is 185 Å². The van der Waals surface area contributed by atoms with E-state index >= 15 is 0 Å². The first-order chi connectivity index (χ1) is 15.1. The van der Waals surface area contributed by atoms with Gasteiger partial charge in [-0.1, -0.05) is 41.9 Å². The molecular formula is C24H21ClN4O2. The Morgan fingerprint density at radius 3 is 2.71 bits per heavy atom. The zero-order chi connectivity index (χ0) is 21.6. The van der Waals surface area contributed by atoms with Gasteiger partial charge < -0.3 is 10.1 Å². The fourth-order valence-corrected chi connectivity index (χ4v) is 3.58. The molecule has 0 aliphatic carbocycles. The number of nitrogens with one attached hydrogen (secondary N) is 1. The van der Waals surface area contributed by atoms with E-state index in [-0.39, 0.29) is 11.7 Å². The first-order valence-corrected chi connectivity index (χ1v) is 10.4. The van der Waals surface area contributed by atoms with Crippen molar-refractivity contribution in [1.29, 1.82) is 5.26 Å². The van der Waals surface area contributed by atoms with Crippen LogP contribution >= 0.6 is 11.6 Å². The molecule has 1 aliphatic rings. The molecule has 1 fully saturated rings. The quantitative estimate of drug-likeness (QED) is 0.462. The molecule has 2 heterocycles. The topological polar surface area (TPSA) is 79.9 Å². The first-order valence-electron chi connectivity index (χ1n) is 10.1. The van der Waals surface area contributed by atoms with Crippen LogP contribution in [0.1, 0.15) is 18.4 Å². The van der Waals surface area contributed by atoms with Crippen LogP contribution in [0, 0.1) is 11.3 Å². The van der Waals surface area contributed by atoms with E-state index in [1.807, 2.05) is 54.7 Å². The van der Waals surface area contributed by atoms with Crippen molar-refractivity contribution >= 4 is 23.6 Å². The minimum atomic E-state index is -0.424. The van der Waals surface area contributed by atoms with Crippen LogP contribution in [0.25, 0.3) is 23.0 Å². The van der Waals surface area contributed by atoms with Gasteiger partial charge in [-0.05, 0) is 43.2 Å². The van der Waals surface area contributed by atoms with Crippen molar-refractivity contribution < 1.29 is 9.53 Å². The van der Waals surface area contributed by atoms with Crippen LogP contribution in [-0.4, -0.2) is 34.9 Å². The molecule has 1 N–H and O–H groups in total. The lowest BCUT2D eigenvalue weighted by Crippen LogP contribution is -2.32. The molecule has 0 bridgehead atoms. The second kappa shape index (κ2) is 9.61. The number of aromatic nitrogens is 2. The van der Waals surface area contributed by atoms with Gasteiger partial charge in [-0.15, -0.1) is 0 Å². The molecule has 7 heteroatoms. The van der Waals surface area contributed by atoms with Gasteiger partial charge in [0.15, 0.2) is 0 Å². The third kappa shape index (κ3) is 5.02. The predicted octanol–water partition coefficient (Wildman–Crippen LogP) is 4.39. The fraction of sp³-hybridized carbons (Fsp3) is 0.208. The number of benzene rings is 2. The summed E-state index contributed by atoms with van der Waals surface area (Å²) in [7, 11) is 0. The molecular weight excluding hydrogens is 412 g/mol. The Balaban J connectivity index is 1.67. The third-order valence-electron chi connectivity index (χ3n) is 5.06. The number of carbonyl (C=O) groups excluding carboxylic acids is 1. The molecule has 1 atom stereocenters. The van der Waals surface area contributed by atoms with E-state index < -0.39 is 5.91 Å². The Bertz CT molecular complexity index is 1120. The van der Waals surface area contributed by atoms with E-state index in [1.165, 1.54) is 0 Å². The number of carbonyl (C=O) groups is 1. The van der Waals surface area contributed by atoms with Crippen LogP contribution < -0.4 is 5.32 Å². The number of rotatable bonds is 6. The van der Waals surface area contributed by atoms with Crippen molar-refractivity contribution in [3.05, 3.63) is 77.0 Å². The summed E-state index contributed by atoms with van der Waals surface area (Å²) in [6.07, 6.45) is 5.29. The summed E-state index contributed by atoms with van der Waals surface area (Å²) in [6.45, 7) is 1.11. The SMILES string of the molecule is N#C/C(=C/c1cn(-c2ccccc2)nc1-c1ccc(Cl)cc1)C(=O)NC[C@@H]1CCCO1. The number of hydrogen-bond donors (Lipinski definition) is 1. The molecule has 0 saturated carbocycles. The molecule has 2 aromatic carbocycles. The van der Waals surface area contributed by atoms with Gasteiger partial charge in [0, 0.05) is 35.5 Å². The number of hydrogen-bond acceptors (Lipinski definition) is 4. The van der Waals surface area contributed by atoms with E-state index in [1.54, 1.807) is 22.9 Å². The highest BCUT2D eigenvalue weighted by Gasteiger charge is 2.19. The summed E-state index contributed by atoms with van der Waals surface area (Å²) < 4.78 is 7.26. The third-order valence-corrected chi connectivity index (χ3v) is 5.31. The summed E-state index contributed by atoms with van der Waals surface area (Å²) in [4.78, 5) is 12.6. The van der Waals surface area contributed by atoms with Gasteiger partial charge in [-0.2, -0.15) is 10.4 Å². The zero-order valence-corrected chi connectivity index (χ0v) is 17.5. The molecule has 0 spiro atoms. The van der Waals surface area contributed by atoms with Gasteiger partial charge in [-0.25, -0.2) is 4.68 Å². The van der Waals surface area contributed by atoms with Gasteiger partial charge in [0.05, 0.1) is 17.5 Å². The Morgan fingerprint density at radius 1 is 1.26 bits per heavy atom. The van der Waals surface area contributed by atoms with Crippen molar-refractivity contribution in [2.45, 2.75) is 18.9 Å². The highest BCUT2D eigenvalue weighted by molar-refractivity contribution is 6.30. The number of nitrogens with zero attached hydrogens (tertiary/aromatic N) is 3. The molecule has 6 nitrogen and oxygen atoms in total. The molecule has 156 valence electrons. The molecule has 1 saturated heterocycles. The van der Waals surface area contributed by atoms with Crippen LogP contribution in [0.5, 0.6) is 0 Å². The zero-order valence-electron chi connectivity index (χ0n) is 16.8. The van der Waals surface area contributed by atoms with Gasteiger partial charge in [-0.3, -0.25) is 4.79 Å². The highest BCUT2D eigenvalue weighted by Crippen LogP contribution is 2.27. The van der Waals surface area contributed by atoms with Crippen LogP contribution in [0.15, 0.2) is 66.4 Å². The maximum atomic E-state index is 12.6. The number of nitriles is 1. The lowest BCUT2D eigenvalue weighted by molar-refractivity contribution is -0.117. The second-order valence-corrected chi connectivity index (χ2v) is 7.67. The number of ether oxygens (including phenoxy) is 1. The fourth-order valence-electron chi connectivity index (χ4n) is 3.45. The molecule has 0 unspecified atom stereocenters. The number of halogens is 1. The Morgan fingerprint density at radius 2 is 2.03 bits per heavy atom. The lowest BCUT2D eigenvalue weighted by atomic mass is 10.1. The number of amides is 1. The van der Waals surface area contributed by atoms with Crippen LogP contribution in [0.3, 0.4) is 0 Å². The lowest BCUT2D eigenvalue weighted by Gasteiger charge is -2.10. The van der Waals surface area contributed by atoms with Crippen LogP contribution in [-0.2, 0) is 9.53 Å². The van der Waals surface area contributed by atoms with Crippen molar-refractivity contribution in [1.82, 2.24) is 15.1 Å². The molecule has 0 radical (unpaired) electrons. The number of para-hydroxylation sites is 1. The van der Waals surface area contributed by atoms with Crippen LogP contribution in [0.4, 0.5) is 0 Å². The normalized spacial score (nSPS) is 16.1. The predicted molar refractivity (Wildman–Crippen MR) is 120 cm³/mol. The average Bonchev–Trinajstić information content (AvgIpc) is 3.47. The summed E-state index contributed by atoms with van der Waals surface area (Å²) in [5.41, 5.74) is 3.04. The van der Waals surface area contributed by atoms with E-state index in [4.69, 9.17) is 21.4 Å². The summed E-state index contributed by atoms with van der Waals surface area (Å²) in [6, 6.07) is 19.0. The summed E-state index contributed by atoms with van der Waals surface area (Å²) in [5.74, 6) is -0.424. The van der Waals surface area contributed by atoms with Gasteiger partial charge >= 0.3 is 0 Å². The van der Waals surface area contributed by atoms with Gasteiger partial charge in [0.1, 0.15) is 11.6 Å². The second-order valence-electron chi connectivity index (χ2n) is 7.23. The van der Waals surface area contributed by atoms with Crippen molar-refractivity contribution in [2.24, 2.45) is 0 Å². The Hall–Kier alpha value is -3.40. The van der Waals surface area contributed by atoms with Crippen molar-refractivity contribution in [3.63, 3.8) is 0 Å². The molecule has 1 aliphatic heterocycles. The summed E-state index contributed by atoms with van der Waals surface area (Å²) >= 11 is 6.03. The Kier molecular flexibility index (Phi) is 6.46. The van der Waals surface area contributed by atoms with E-state index in [9.17, 15) is 10.1 Å². The van der Waals surface area contributed by atoms with Gasteiger partial charge in [0.25, 0.3) is 5.91 Å². The minimum Gasteiger partial charge on any atom is -0.376 e. The smallest absolute Gasteiger partial charge is 0.262 e. The molecule has 3 aromatic rings. The largest absolute Gasteiger partial charge is 0.376 e. The van der Waals surface area contributed by atoms with Crippen molar-refractivity contribution in [2.75, 3.05) is 13.2 Å². The first kappa shape index (κ1) is 20.9. The maximum absolute atomic E-state index is 12.6. The summed E-state index contributed by atoms with van der Waals surface area (Å²) in [5, 5.41) is 17.7. The van der Waals surface area contributed by atoms with Gasteiger partial charge in [0.2, 0.25) is 0 Å². The van der Waals surface area contributed by atoms with E-state index in [0.717, 1.165) is 24.1 Å². The monoisotopic (exact) mass is 432 g/mol. The molecule has 1 aromatic heterocycles. The highest BCUT2D eigenvalue weighted by atomic mass is 35.5. The van der Waals surface area contributed by atoms with Crippen LogP contribution in [0.2, 0.25) is 5.02 Å².